The standard InChI is InChI=1S/C9H8N2S/c12-8-6-10-9(11-8)7-4-2-1-3-5-7/h1-6,12H,(H,10,11). The summed E-state index contributed by atoms with van der Waals surface area (Å²) in [7, 11) is 0. The summed E-state index contributed by atoms with van der Waals surface area (Å²) in [4.78, 5) is 7.20. The first-order valence-corrected chi connectivity index (χ1v) is 4.10. The first-order valence-electron chi connectivity index (χ1n) is 3.65. The van der Waals surface area contributed by atoms with Gasteiger partial charge in [0.2, 0.25) is 0 Å². The quantitative estimate of drug-likeness (QED) is 0.642. The molecule has 0 bridgehead atoms. The molecule has 1 aromatic carbocycles. The van der Waals surface area contributed by atoms with Gasteiger partial charge in [-0.25, -0.2) is 4.98 Å². The van der Waals surface area contributed by atoms with Crippen molar-refractivity contribution >= 4 is 12.6 Å². The second kappa shape index (κ2) is 3.03. The molecule has 0 unspecified atom stereocenters. The van der Waals surface area contributed by atoms with E-state index >= 15 is 0 Å². The Morgan fingerprint density at radius 1 is 1.17 bits per heavy atom. The van der Waals surface area contributed by atoms with Crippen LogP contribution in [-0.2, 0) is 0 Å². The predicted octanol–water partition coefficient (Wildman–Crippen LogP) is 2.37. The average Bonchev–Trinajstić information content (AvgIpc) is 2.54. The Morgan fingerprint density at radius 2 is 1.92 bits per heavy atom. The molecule has 0 spiro atoms. The molecule has 2 nitrogen and oxygen atoms in total. The van der Waals surface area contributed by atoms with Crippen LogP contribution in [0.3, 0.4) is 0 Å². The molecule has 0 saturated carbocycles. The van der Waals surface area contributed by atoms with Crippen molar-refractivity contribution in [1.82, 2.24) is 9.97 Å². The fourth-order valence-corrected chi connectivity index (χ4v) is 1.22. The number of benzene rings is 1. The van der Waals surface area contributed by atoms with E-state index in [0.717, 1.165) is 16.4 Å². The molecule has 0 amide bonds. The van der Waals surface area contributed by atoms with Gasteiger partial charge in [0.15, 0.2) is 0 Å². The monoisotopic (exact) mass is 176 g/mol. The lowest BCUT2D eigenvalue weighted by molar-refractivity contribution is 1.21. The molecule has 0 fully saturated rings. The van der Waals surface area contributed by atoms with Crippen molar-refractivity contribution in [2.75, 3.05) is 0 Å². The Kier molecular flexibility index (Phi) is 1.87. The highest BCUT2D eigenvalue weighted by molar-refractivity contribution is 7.80. The molecule has 1 N–H and O–H groups in total. The molecule has 3 heteroatoms. The maximum absolute atomic E-state index is 4.15. The van der Waals surface area contributed by atoms with Crippen LogP contribution in [0.1, 0.15) is 0 Å². The lowest BCUT2D eigenvalue weighted by Crippen LogP contribution is -1.77. The predicted molar refractivity (Wildman–Crippen MR) is 51.3 cm³/mol. The van der Waals surface area contributed by atoms with E-state index in [2.05, 4.69) is 22.6 Å². The van der Waals surface area contributed by atoms with Gasteiger partial charge in [-0.1, -0.05) is 30.3 Å². The van der Waals surface area contributed by atoms with Gasteiger partial charge in [0.1, 0.15) is 5.82 Å². The number of imidazole rings is 1. The van der Waals surface area contributed by atoms with E-state index in [4.69, 9.17) is 0 Å². The number of nitrogens with zero attached hydrogens (tertiary/aromatic N) is 1. The van der Waals surface area contributed by atoms with E-state index in [0.29, 0.717) is 0 Å². The molecule has 2 rings (SSSR count). The largest absolute Gasteiger partial charge is 0.333 e. The summed E-state index contributed by atoms with van der Waals surface area (Å²) in [6, 6.07) is 9.96. The van der Waals surface area contributed by atoms with Gasteiger partial charge in [-0.05, 0) is 0 Å². The Bertz CT molecular complexity index is 367. The zero-order chi connectivity index (χ0) is 8.39. The molecule has 1 aromatic heterocycles. The number of rotatable bonds is 1. The number of H-pyrrole nitrogens is 1. The van der Waals surface area contributed by atoms with E-state index in [9.17, 15) is 0 Å². The topological polar surface area (TPSA) is 28.7 Å². The third-order valence-electron chi connectivity index (χ3n) is 1.61. The number of hydrogen-bond acceptors (Lipinski definition) is 2. The van der Waals surface area contributed by atoms with Crippen molar-refractivity contribution in [2.24, 2.45) is 0 Å². The van der Waals surface area contributed by atoms with E-state index < -0.39 is 0 Å². The number of hydrogen-bond donors (Lipinski definition) is 2. The van der Waals surface area contributed by atoms with Gasteiger partial charge in [-0.15, -0.1) is 12.6 Å². The van der Waals surface area contributed by atoms with Crippen LogP contribution in [-0.4, -0.2) is 9.97 Å². The van der Waals surface area contributed by atoms with Gasteiger partial charge >= 0.3 is 0 Å². The number of aromatic amines is 1. The lowest BCUT2D eigenvalue weighted by atomic mass is 10.2. The summed E-state index contributed by atoms with van der Waals surface area (Å²) >= 11 is 4.14. The Morgan fingerprint density at radius 3 is 2.50 bits per heavy atom. The second-order valence-electron chi connectivity index (χ2n) is 2.48. The Balaban J connectivity index is 2.45. The van der Waals surface area contributed by atoms with Crippen LogP contribution in [0, 0.1) is 0 Å². The molecule has 1 heterocycles. The molecule has 0 radical (unpaired) electrons. The lowest BCUT2D eigenvalue weighted by Gasteiger charge is -1.93. The summed E-state index contributed by atoms with van der Waals surface area (Å²) < 4.78 is 0. The maximum Gasteiger partial charge on any atom is 0.138 e. The zero-order valence-electron chi connectivity index (χ0n) is 6.36. The molecule has 0 atom stereocenters. The van der Waals surface area contributed by atoms with Crippen molar-refractivity contribution in [3.63, 3.8) is 0 Å². The molecule has 2 aromatic rings. The first kappa shape index (κ1) is 7.43. The molecule has 0 aliphatic carbocycles. The maximum atomic E-state index is 4.15. The third kappa shape index (κ3) is 1.36. The van der Waals surface area contributed by atoms with E-state index in [1.165, 1.54) is 0 Å². The van der Waals surface area contributed by atoms with Gasteiger partial charge in [0, 0.05) is 5.56 Å². The van der Waals surface area contributed by atoms with Gasteiger partial charge in [-0.2, -0.15) is 0 Å². The summed E-state index contributed by atoms with van der Waals surface area (Å²) in [6.07, 6.45) is 1.70. The molecule has 60 valence electrons. The molecular weight excluding hydrogens is 168 g/mol. The van der Waals surface area contributed by atoms with Crippen LogP contribution in [0.4, 0.5) is 0 Å². The Labute approximate surface area is 76.1 Å². The second-order valence-corrected chi connectivity index (χ2v) is 2.96. The van der Waals surface area contributed by atoms with Crippen molar-refractivity contribution in [2.45, 2.75) is 5.03 Å². The fourth-order valence-electron chi connectivity index (χ4n) is 1.05. The van der Waals surface area contributed by atoms with E-state index in [1.54, 1.807) is 6.20 Å². The summed E-state index contributed by atoms with van der Waals surface area (Å²) in [5.41, 5.74) is 1.08. The third-order valence-corrected chi connectivity index (χ3v) is 1.84. The van der Waals surface area contributed by atoms with Crippen LogP contribution in [0.2, 0.25) is 0 Å². The average molecular weight is 176 g/mol. The Hall–Kier alpha value is -1.22. The summed E-state index contributed by atoms with van der Waals surface area (Å²) in [6.45, 7) is 0. The van der Waals surface area contributed by atoms with Gasteiger partial charge in [0.25, 0.3) is 0 Å². The smallest absolute Gasteiger partial charge is 0.138 e. The fraction of sp³-hybridized carbons (Fsp3) is 0. The van der Waals surface area contributed by atoms with Crippen LogP contribution in [0.5, 0.6) is 0 Å². The number of thiol groups is 1. The highest BCUT2D eigenvalue weighted by Crippen LogP contribution is 2.15. The van der Waals surface area contributed by atoms with Crippen LogP contribution in [0.15, 0.2) is 41.6 Å². The van der Waals surface area contributed by atoms with Crippen LogP contribution >= 0.6 is 12.6 Å². The number of aromatic nitrogens is 2. The van der Waals surface area contributed by atoms with Crippen LogP contribution in [0.25, 0.3) is 11.4 Å². The minimum absolute atomic E-state index is 0.786. The molecule has 0 aliphatic heterocycles. The highest BCUT2D eigenvalue weighted by atomic mass is 32.1. The molecule has 12 heavy (non-hydrogen) atoms. The van der Waals surface area contributed by atoms with Crippen molar-refractivity contribution in [3.8, 4) is 11.4 Å². The minimum atomic E-state index is 0.786. The van der Waals surface area contributed by atoms with E-state index in [-0.39, 0.29) is 0 Å². The van der Waals surface area contributed by atoms with Gasteiger partial charge < -0.3 is 4.98 Å². The van der Waals surface area contributed by atoms with Gasteiger partial charge in [0.05, 0.1) is 11.2 Å². The highest BCUT2D eigenvalue weighted by Gasteiger charge is 1.98. The number of nitrogens with one attached hydrogen (secondary N) is 1. The van der Waals surface area contributed by atoms with Crippen molar-refractivity contribution < 1.29 is 0 Å². The zero-order valence-corrected chi connectivity index (χ0v) is 7.25. The van der Waals surface area contributed by atoms with Crippen molar-refractivity contribution in [3.05, 3.63) is 36.5 Å². The molecule has 0 aliphatic rings. The minimum Gasteiger partial charge on any atom is -0.333 e. The van der Waals surface area contributed by atoms with E-state index in [1.807, 2.05) is 30.3 Å². The molecule has 0 saturated heterocycles. The molecular formula is C9H8N2S. The summed E-state index contributed by atoms with van der Waals surface area (Å²) in [5, 5.41) is 0.786. The normalized spacial score (nSPS) is 10.1. The van der Waals surface area contributed by atoms with Crippen molar-refractivity contribution in [1.29, 1.82) is 0 Å². The van der Waals surface area contributed by atoms with Crippen LogP contribution < -0.4 is 0 Å². The first-order chi connectivity index (χ1) is 5.86. The van der Waals surface area contributed by atoms with Gasteiger partial charge in [-0.3, -0.25) is 0 Å². The SMILES string of the molecule is Sc1cnc(-c2ccccc2)[nH]1. The summed E-state index contributed by atoms with van der Waals surface area (Å²) in [5.74, 6) is 0.862.